The largest absolute Gasteiger partial charge is 0.350 e. The Hall–Kier alpha value is -2.56. The van der Waals surface area contributed by atoms with Crippen molar-refractivity contribution in [3.05, 3.63) is 46.8 Å². The molecule has 2 heterocycles. The van der Waals surface area contributed by atoms with Gasteiger partial charge in [0.25, 0.3) is 5.91 Å². The molecule has 0 bridgehead atoms. The van der Waals surface area contributed by atoms with E-state index in [-0.39, 0.29) is 5.91 Å². The Morgan fingerprint density at radius 1 is 1.29 bits per heavy atom. The minimum Gasteiger partial charge on any atom is -0.350 e. The molecule has 4 rings (SSSR count). The van der Waals surface area contributed by atoms with E-state index in [4.69, 9.17) is 0 Å². The summed E-state index contributed by atoms with van der Waals surface area (Å²) in [4.78, 5) is 16.0. The molecule has 1 aliphatic rings. The van der Waals surface area contributed by atoms with Crippen LogP contribution in [0.5, 0.6) is 0 Å². The molecule has 3 aromatic rings. The molecule has 0 spiro atoms. The van der Waals surface area contributed by atoms with Crippen molar-refractivity contribution in [2.24, 2.45) is 7.05 Å². The maximum Gasteiger partial charge on any atom is 0.273 e. The molecule has 0 saturated heterocycles. The van der Waals surface area contributed by atoms with Gasteiger partial charge in [0.2, 0.25) is 0 Å². The number of aryl methyl sites for hydroxylation is 3. The van der Waals surface area contributed by atoms with Gasteiger partial charge in [0.05, 0.1) is 5.69 Å². The normalized spacial score (nSPS) is 14.8. The van der Waals surface area contributed by atoms with Crippen LogP contribution >= 0.6 is 0 Å². The number of anilines is 1. The zero-order valence-electron chi connectivity index (χ0n) is 14.3. The highest BCUT2D eigenvalue weighted by Crippen LogP contribution is 2.36. The number of aromatic amines is 1. The lowest BCUT2D eigenvalue weighted by atomic mass is 9.83. The van der Waals surface area contributed by atoms with Crippen LogP contribution in [0.2, 0.25) is 0 Å². The maximum atomic E-state index is 12.7. The molecule has 5 heteroatoms. The number of benzene rings is 1. The van der Waals surface area contributed by atoms with Crippen molar-refractivity contribution in [3.63, 3.8) is 0 Å². The lowest BCUT2D eigenvalue weighted by Gasteiger charge is -2.22. The Labute approximate surface area is 141 Å². The van der Waals surface area contributed by atoms with Gasteiger partial charge in [0.1, 0.15) is 11.5 Å². The van der Waals surface area contributed by atoms with Crippen LogP contribution in [0.4, 0.5) is 5.82 Å². The first-order valence-corrected chi connectivity index (χ1v) is 8.47. The Kier molecular flexibility index (Phi) is 3.44. The van der Waals surface area contributed by atoms with Crippen molar-refractivity contribution in [2.45, 2.75) is 39.0 Å². The predicted octanol–water partition coefficient (Wildman–Crippen LogP) is 4.04. The van der Waals surface area contributed by atoms with Gasteiger partial charge in [-0.3, -0.25) is 9.48 Å². The van der Waals surface area contributed by atoms with Crippen LogP contribution in [0, 0.1) is 13.8 Å². The quantitative estimate of drug-likeness (QED) is 0.764. The van der Waals surface area contributed by atoms with Crippen LogP contribution in [0.15, 0.2) is 24.3 Å². The zero-order chi connectivity index (χ0) is 16.8. The van der Waals surface area contributed by atoms with E-state index in [9.17, 15) is 4.79 Å². The number of nitrogens with zero attached hydrogens (tertiary/aromatic N) is 2. The molecule has 0 aliphatic heterocycles. The van der Waals surface area contributed by atoms with E-state index in [1.807, 2.05) is 32.2 Å². The van der Waals surface area contributed by atoms with E-state index in [0.717, 1.165) is 28.0 Å². The van der Waals surface area contributed by atoms with Gasteiger partial charge in [0.15, 0.2) is 0 Å². The molecular formula is C19H22N4O. The van der Waals surface area contributed by atoms with Gasteiger partial charge in [-0.2, -0.15) is 5.10 Å². The van der Waals surface area contributed by atoms with Crippen molar-refractivity contribution < 1.29 is 4.79 Å². The van der Waals surface area contributed by atoms with Crippen molar-refractivity contribution in [2.75, 3.05) is 5.32 Å². The second-order valence-corrected chi connectivity index (χ2v) is 6.83. The fraction of sp³-hybridized carbons (Fsp3) is 0.368. The fourth-order valence-corrected chi connectivity index (χ4v) is 3.36. The lowest BCUT2D eigenvalue weighted by Crippen LogP contribution is -2.15. The van der Waals surface area contributed by atoms with Crippen LogP contribution in [-0.2, 0) is 7.05 Å². The summed E-state index contributed by atoms with van der Waals surface area (Å²) in [6.45, 7) is 4.04. The molecule has 2 aromatic heterocycles. The SMILES string of the molecule is Cc1ccc2[nH]c(C(=O)Nc3cc(C4CCC4)nn3C)c(C)c2c1. The number of aromatic nitrogens is 3. The summed E-state index contributed by atoms with van der Waals surface area (Å²) in [5.74, 6) is 1.18. The number of fused-ring (bicyclic) bond motifs is 1. The molecule has 0 radical (unpaired) electrons. The molecule has 1 saturated carbocycles. The Bertz CT molecular complexity index is 930. The van der Waals surface area contributed by atoms with E-state index in [1.165, 1.54) is 24.8 Å². The van der Waals surface area contributed by atoms with E-state index in [1.54, 1.807) is 4.68 Å². The molecule has 0 unspecified atom stereocenters. The van der Waals surface area contributed by atoms with Crippen molar-refractivity contribution >= 4 is 22.6 Å². The van der Waals surface area contributed by atoms with Gasteiger partial charge in [-0.1, -0.05) is 18.1 Å². The first-order chi connectivity index (χ1) is 11.5. The highest BCUT2D eigenvalue weighted by molar-refractivity contribution is 6.07. The van der Waals surface area contributed by atoms with Crippen molar-refractivity contribution in [1.29, 1.82) is 0 Å². The van der Waals surface area contributed by atoms with Crippen LogP contribution in [0.1, 0.15) is 52.5 Å². The molecule has 1 fully saturated rings. The number of nitrogens with one attached hydrogen (secondary N) is 2. The minimum absolute atomic E-state index is 0.121. The van der Waals surface area contributed by atoms with Gasteiger partial charge in [0, 0.05) is 29.9 Å². The standard InChI is InChI=1S/C19H22N4O/c1-11-7-8-15-14(9-11)12(2)18(20-15)19(24)21-17-10-16(22-23(17)3)13-5-4-6-13/h7-10,13,20H,4-6H2,1-3H3,(H,21,24). The third kappa shape index (κ3) is 2.40. The fourth-order valence-electron chi connectivity index (χ4n) is 3.36. The predicted molar refractivity (Wildman–Crippen MR) is 95.5 cm³/mol. The molecule has 5 nitrogen and oxygen atoms in total. The number of hydrogen-bond donors (Lipinski definition) is 2. The highest BCUT2D eigenvalue weighted by Gasteiger charge is 2.24. The summed E-state index contributed by atoms with van der Waals surface area (Å²) < 4.78 is 1.76. The Balaban J connectivity index is 1.62. The summed E-state index contributed by atoms with van der Waals surface area (Å²) in [6, 6.07) is 8.18. The van der Waals surface area contributed by atoms with E-state index >= 15 is 0 Å². The van der Waals surface area contributed by atoms with Gasteiger partial charge in [-0.05, 0) is 44.4 Å². The average Bonchev–Trinajstić information content (AvgIpc) is 2.99. The summed E-state index contributed by atoms with van der Waals surface area (Å²) in [5.41, 5.74) is 4.86. The van der Waals surface area contributed by atoms with Crippen molar-refractivity contribution in [1.82, 2.24) is 14.8 Å². The number of H-pyrrole nitrogens is 1. The third-order valence-corrected chi connectivity index (χ3v) is 5.10. The summed E-state index contributed by atoms with van der Waals surface area (Å²) >= 11 is 0. The smallest absolute Gasteiger partial charge is 0.273 e. The second kappa shape index (κ2) is 5.51. The van der Waals surface area contributed by atoms with Crippen LogP contribution in [0.3, 0.4) is 0 Å². The van der Waals surface area contributed by atoms with E-state index in [2.05, 4.69) is 28.4 Å². The second-order valence-electron chi connectivity index (χ2n) is 6.83. The van der Waals surface area contributed by atoms with Crippen LogP contribution < -0.4 is 5.32 Å². The van der Waals surface area contributed by atoms with Gasteiger partial charge < -0.3 is 10.3 Å². The van der Waals surface area contributed by atoms with Crippen LogP contribution in [0.25, 0.3) is 10.9 Å². The minimum atomic E-state index is -0.121. The third-order valence-electron chi connectivity index (χ3n) is 5.10. The molecule has 1 aromatic carbocycles. The number of carbonyl (C=O) groups excluding carboxylic acids is 1. The Morgan fingerprint density at radius 3 is 2.79 bits per heavy atom. The monoisotopic (exact) mass is 322 g/mol. The van der Waals surface area contributed by atoms with Crippen LogP contribution in [-0.4, -0.2) is 20.7 Å². The first-order valence-electron chi connectivity index (χ1n) is 8.47. The van der Waals surface area contributed by atoms with E-state index in [0.29, 0.717) is 11.6 Å². The van der Waals surface area contributed by atoms with Crippen molar-refractivity contribution in [3.8, 4) is 0 Å². The zero-order valence-corrected chi connectivity index (χ0v) is 14.3. The Morgan fingerprint density at radius 2 is 2.08 bits per heavy atom. The number of rotatable bonds is 3. The number of amides is 1. The molecule has 1 amide bonds. The maximum absolute atomic E-state index is 12.7. The number of carbonyl (C=O) groups is 1. The van der Waals surface area contributed by atoms with E-state index < -0.39 is 0 Å². The molecular weight excluding hydrogens is 300 g/mol. The molecule has 124 valence electrons. The average molecular weight is 322 g/mol. The molecule has 1 aliphatic carbocycles. The molecule has 2 N–H and O–H groups in total. The summed E-state index contributed by atoms with van der Waals surface area (Å²) in [7, 11) is 1.87. The molecule has 0 atom stereocenters. The molecule has 24 heavy (non-hydrogen) atoms. The number of hydrogen-bond acceptors (Lipinski definition) is 2. The highest BCUT2D eigenvalue weighted by atomic mass is 16.2. The first kappa shape index (κ1) is 15.0. The van der Waals surface area contributed by atoms with Gasteiger partial charge >= 0.3 is 0 Å². The summed E-state index contributed by atoms with van der Waals surface area (Å²) in [5, 5.41) is 8.64. The summed E-state index contributed by atoms with van der Waals surface area (Å²) in [6.07, 6.45) is 3.67. The lowest BCUT2D eigenvalue weighted by molar-refractivity contribution is 0.102. The topological polar surface area (TPSA) is 62.7 Å². The van der Waals surface area contributed by atoms with Gasteiger partial charge in [-0.25, -0.2) is 0 Å². The van der Waals surface area contributed by atoms with Gasteiger partial charge in [-0.15, -0.1) is 0 Å².